The van der Waals surface area contributed by atoms with Crippen LogP contribution in [0.5, 0.6) is 0 Å². The minimum Gasteiger partial charge on any atom is -0.283 e. The van der Waals surface area contributed by atoms with Crippen molar-refractivity contribution >= 4 is 94.8 Å². The average molecular weight is 539 g/mol. The third-order valence-corrected chi connectivity index (χ3v) is 11.0. The van der Waals surface area contributed by atoms with Crippen molar-refractivity contribution in [2.45, 2.75) is 0 Å². The Morgan fingerprint density at radius 1 is 0.500 bits per heavy atom. The van der Waals surface area contributed by atoms with Crippen molar-refractivity contribution in [2.75, 3.05) is 0 Å². The van der Waals surface area contributed by atoms with Crippen molar-refractivity contribution in [1.82, 2.24) is 9.55 Å². The number of benzene rings is 4. The van der Waals surface area contributed by atoms with Crippen LogP contribution in [0.15, 0.2) is 109 Å². The lowest BCUT2D eigenvalue weighted by atomic mass is 10.1. The van der Waals surface area contributed by atoms with Crippen LogP contribution in [0.4, 0.5) is 0 Å². The van der Waals surface area contributed by atoms with E-state index in [1.165, 1.54) is 66.3 Å². The first-order valence-electron chi connectivity index (χ1n) is 12.6. The summed E-state index contributed by atoms with van der Waals surface area (Å²) < 4.78 is 8.99. The zero-order valence-corrected chi connectivity index (χ0v) is 22.5. The highest BCUT2D eigenvalue weighted by Crippen LogP contribution is 2.48. The summed E-state index contributed by atoms with van der Waals surface area (Å²) in [7, 11) is 0. The second-order valence-corrected chi connectivity index (χ2v) is 12.7. The molecule has 0 fully saturated rings. The molecule has 5 heteroatoms. The molecule has 2 nitrogen and oxygen atoms in total. The van der Waals surface area contributed by atoms with Crippen molar-refractivity contribution in [3.8, 4) is 17.1 Å². The predicted octanol–water partition coefficient (Wildman–Crippen LogP) is 10.6. The summed E-state index contributed by atoms with van der Waals surface area (Å²) >= 11 is 5.61. The Morgan fingerprint density at radius 2 is 1.13 bits per heavy atom. The molecule has 4 aromatic carbocycles. The van der Waals surface area contributed by atoms with Gasteiger partial charge in [0.25, 0.3) is 0 Å². The van der Waals surface area contributed by atoms with Crippen LogP contribution in [-0.2, 0) is 0 Å². The largest absolute Gasteiger partial charge is 0.283 e. The van der Waals surface area contributed by atoms with Crippen LogP contribution in [0.1, 0.15) is 0 Å². The maximum atomic E-state index is 5.34. The third-order valence-electron chi connectivity index (χ3n) is 7.44. The van der Waals surface area contributed by atoms with E-state index in [0.29, 0.717) is 0 Å². The molecule has 9 rings (SSSR count). The third kappa shape index (κ3) is 2.78. The number of hydrogen-bond donors (Lipinski definition) is 0. The monoisotopic (exact) mass is 538 g/mol. The maximum absolute atomic E-state index is 5.34. The van der Waals surface area contributed by atoms with Crippen LogP contribution >= 0.6 is 34.0 Å². The molecule has 5 heterocycles. The standard InChI is InChI=1S/C33H18N2S3/c1-4-15-25-19(9-1)20-12-7-13-21(31(20)36-25)24-14-8-18-28(34-24)35-30-23-11-3-6-17-27(23)37-32(30)29-22-10-2-5-16-26(22)38-33(29)35/h1-18H. The average Bonchev–Trinajstić information content (AvgIpc) is 3.70. The topological polar surface area (TPSA) is 17.8 Å². The van der Waals surface area contributed by atoms with Crippen LogP contribution < -0.4 is 0 Å². The lowest BCUT2D eigenvalue weighted by molar-refractivity contribution is 1.10. The van der Waals surface area contributed by atoms with E-state index in [0.717, 1.165) is 11.5 Å². The molecule has 0 spiro atoms. The zero-order chi connectivity index (χ0) is 24.8. The van der Waals surface area contributed by atoms with E-state index in [-0.39, 0.29) is 0 Å². The summed E-state index contributed by atoms with van der Waals surface area (Å²) in [5.41, 5.74) is 3.47. The predicted molar refractivity (Wildman–Crippen MR) is 168 cm³/mol. The number of fused-ring (bicyclic) bond motifs is 10. The summed E-state index contributed by atoms with van der Waals surface area (Å²) in [6.45, 7) is 0. The molecule has 0 aliphatic carbocycles. The Kier molecular flexibility index (Phi) is 4.27. The van der Waals surface area contributed by atoms with E-state index in [4.69, 9.17) is 4.98 Å². The molecule has 38 heavy (non-hydrogen) atoms. The minimum absolute atomic E-state index is 0.968. The molecule has 0 N–H and O–H groups in total. The highest BCUT2D eigenvalue weighted by Gasteiger charge is 2.22. The van der Waals surface area contributed by atoms with Gasteiger partial charge in [0.05, 0.1) is 15.9 Å². The lowest BCUT2D eigenvalue weighted by Crippen LogP contribution is -1.97. The Hall–Kier alpha value is -4.03. The van der Waals surface area contributed by atoms with E-state index in [1.807, 2.05) is 34.0 Å². The summed E-state index contributed by atoms with van der Waals surface area (Å²) in [4.78, 5) is 6.61. The number of aromatic nitrogens is 2. The Morgan fingerprint density at radius 3 is 1.97 bits per heavy atom. The van der Waals surface area contributed by atoms with Gasteiger partial charge in [0.1, 0.15) is 10.6 Å². The smallest absolute Gasteiger partial charge is 0.138 e. The SMILES string of the molecule is c1cc(-c2cccc3c2sc2ccccc23)nc(-n2c3sc4ccccc4c3c3sc4ccccc4c32)c1. The molecule has 0 atom stereocenters. The molecule has 0 amide bonds. The molecule has 0 aliphatic heterocycles. The second kappa shape index (κ2) is 7.74. The quantitative estimate of drug-likeness (QED) is 0.214. The molecule has 0 unspecified atom stereocenters. The number of rotatable bonds is 2. The summed E-state index contributed by atoms with van der Waals surface area (Å²) in [6, 6.07) is 39.3. The van der Waals surface area contributed by atoms with Crippen LogP contribution in [0, 0.1) is 0 Å². The van der Waals surface area contributed by atoms with Gasteiger partial charge in [0.15, 0.2) is 0 Å². The van der Waals surface area contributed by atoms with Crippen molar-refractivity contribution < 1.29 is 0 Å². The maximum Gasteiger partial charge on any atom is 0.138 e. The fraction of sp³-hybridized carbons (Fsp3) is 0. The molecule has 5 aromatic heterocycles. The minimum atomic E-state index is 0.968. The number of thiophene rings is 3. The van der Waals surface area contributed by atoms with Gasteiger partial charge in [0.2, 0.25) is 0 Å². The first-order chi connectivity index (χ1) is 18.8. The number of hydrogen-bond acceptors (Lipinski definition) is 4. The van der Waals surface area contributed by atoms with Gasteiger partial charge in [-0.1, -0.05) is 78.9 Å². The number of nitrogens with zero attached hydrogens (tertiary/aromatic N) is 2. The first-order valence-corrected chi connectivity index (χ1v) is 15.0. The Balaban J connectivity index is 1.37. The second-order valence-electron chi connectivity index (χ2n) is 9.55. The van der Waals surface area contributed by atoms with Crippen LogP contribution in [0.25, 0.3) is 77.9 Å². The van der Waals surface area contributed by atoms with Gasteiger partial charge in [-0.3, -0.25) is 4.57 Å². The van der Waals surface area contributed by atoms with Crippen molar-refractivity contribution in [3.63, 3.8) is 0 Å². The van der Waals surface area contributed by atoms with Gasteiger partial charge in [-0.2, -0.15) is 0 Å². The Labute approximate surface area is 229 Å². The summed E-state index contributed by atoms with van der Waals surface area (Å²) in [6.07, 6.45) is 0. The van der Waals surface area contributed by atoms with E-state index in [2.05, 4.69) is 114 Å². The fourth-order valence-corrected chi connectivity index (χ4v) is 9.56. The van der Waals surface area contributed by atoms with Crippen molar-refractivity contribution in [2.24, 2.45) is 0 Å². The molecule has 0 bridgehead atoms. The van der Waals surface area contributed by atoms with Gasteiger partial charge in [0, 0.05) is 51.3 Å². The van der Waals surface area contributed by atoms with Gasteiger partial charge >= 0.3 is 0 Å². The van der Waals surface area contributed by atoms with E-state index in [9.17, 15) is 0 Å². The van der Waals surface area contributed by atoms with Gasteiger partial charge in [-0.15, -0.1) is 34.0 Å². The van der Waals surface area contributed by atoms with Crippen molar-refractivity contribution in [1.29, 1.82) is 0 Å². The van der Waals surface area contributed by atoms with Crippen LogP contribution in [0.2, 0.25) is 0 Å². The van der Waals surface area contributed by atoms with E-state index < -0.39 is 0 Å². The molecular formula is C33H18N2S3. The molecule has 0 radical (unpaired) electrons. The fourth-order valence-electron chi connectivity index (χ4n) is 5.80. The summed E-state index contributed by atoms with van der Waals surface area (Å²) in [5.74, 6) is 0.968. The Bertz CT molecular complexity index is 2360. The van der Waals surface area contributed by atoms with Gasteiger partial charge in [-0.05, 0) is 30.3 Å². The molecular weight excluding hydrogens is 521 g/mol. The molecule has 0 saturated carbocycles. The van der Waals surface area contributed by atoms with E-state index >= 15 is 0 Å². The van der Waals surface area contributed by atoms with Crippen molar-refractivity contribution in [3.05, 3.63) is 109 Å². The van der Waals surface area contributed by atoms with Crippen LogP contribution in [0.3, 0.4) is 0 Å². The highest BCUT2D eigenvalue weighted by molar-refractivity contribution is 7.30. The van der Waals surface area contributed by atoms with E-state index in [1.54, 1.807) is 0 Å². The van der Waals surface area contributed by atoms with Gasteiger partial charge < -0.3 is 0 Å². The zero-order valence-electron chi connectivity index (χ0n) is 20.0. The molecule has 0 aliphatic rings. The highest BCUT2D eigenvalue weighted by atomic mass is 32.1. The first kappa shape index (κ1) is 21.0. The van der Waals surface area contributed by atoms with Gasteiger partial charge in [-0.25, -0.2) is 4.98 Å². The summed E-state index contributed by atoms with van der Waals surface area (Å²) in [5, 5.41) is 6.58. The lowest BCUT2D eigenvalue weighted by Gasteiger charge is -2.09. The number of pyridine rings is 1. The molecule has 0 saturated heterocycles. The van der Waals surface area contributed by atoms with Crippen LogP contribution in [-0.4, -0.2) is 9.55 Å². The normalized spacial score (nSPS) is 12.2. The molecule has 9 aromatic rings. The molecule has 178 valence electrons.